The Morgan fingerprint density at radius 1 is 0.675 bits per heavy atom. The van der Waals surface area contributed by atoms with Gasteiger partial charge < -0.3 is 15.4 Å². The number of nitrogens with zero attached hydrogens (tertiary/aromatic N) is 1. The van der Waals surface area contributed by atoms with Crippen LogP contribution in [0.3, 0.4) is 0 Å². The molecule has 0 aliphatic carbocycles. The van der Waals surface area contributed by atoms with E-state index in [9.17, 15) is 14.4 Å². The summed E-state index contributed by atoms with van der Waals surface area (Å²) in [5.41, 5.74) is 0. The molecule has 0 radical (unpaired) electrons. The number of hydrogen-bond acceptors (Lipinski definition) is 4. The number of unbranched alkanes of at least 4 members (excludes halogenated alkanes) is 16. The molecule has 0 rings (SSSR count). The van der Waals surface area contributed by atoms with Gasteiger partial charge in [0, 0.05) is 20.6 Å². The summed E-state index contributed by atoms with van der Waals surface area (Å²) < 4.78 is 5.80. The number of allylic oxidation sites excluding steroid dienone is 2. The summed E-state index contributed by atoms with van der Waals surface area (Å²) in [6.45, 7) is 4.87. The Morgan fingerprint density at radius 3 is 1.75 bits per heavy atom. The van der Waals surface area contributed by atoms with Crippen LogP contribution in [0.2, 0.25) is 0 Å². The number of ether oxygens (including phenoxy) is 1. The highest BCUT2D eigenvalue weighted by atomic mass is 16.6. The second kappa shape index (κ2) is 28.5. The zero-order valence-corrected chi connectivity index (χ0v) is 26.6. The lowest BCUT2D eigenvalue weighted by Gasteiger charge is -2.25. The zero-order valence-electron chi connectivity index (χ0n) is 26.6. The molecule has 1 atom stereocenters. The van der Waals surface area contributed by atoms with Crippen molar-refractivity contribution in [2.75, 3.05) is 27.2 Å². The van der Waals surface area contributed by atoms with E-state index < -0.39 is 12.2 Å². The molecule has 3 amide bonds. The molecule has 0 aromatic rings. The Bertz CT molecular complexity index is 654. The van der Waals surface area contributed by atoms with E-state index in [2.05, 4.69) is 36.6 Å². The van der Waals surface area contributed by atoms with Gasteiger partial charge >= 0.3 is 6.09 Å². The molecule has 0 heterocycles. The minimum Gasteiger partial charge on any atom is -0.446 e. The average molecular weight is 566 g/mol. The maximum absolute atomic E-state index is 13.1. The lowest BCUT2D eigenvalue weighted by Crippen LogP contribution is -2.42. The first-order chi connectivity index (χ1) is 19.5. The normalized spacial score (nSPS) is 11.9. The molecular formula is C33H63N3O4. The van der Waals surface area contributed by atoms with Gasteiger partial charge in [-0.2, -0.15) is 0 Å². The highest BCUT2D eigenvalue weighted by Crippen LogP contribution is 2.16. The van der Waals surface area contributed by atoms with Crippen LogP contribution in [0.25, 0.3) is 0 Å². The van der Waals surface area contributed by atoms with Crippen molar-refractivity contribution in [2.45, 2.75) is 155 Å². The van der Waals surface area contributed by atoms with Crippen molar-refractivity contribution in [3.8, 4) is 0 Å². The lowest BCUT2D eigenvalue weighted by molar-refractivity contribution is -0.124. The van der Waals surface area contributed by atoms with Gasteiger partial charge in [0.2, 0.25) is 11.8 Å². The quantitative estimate of drug-likeness (QED) is 0.0778. The van der Waals surface area contributed by atoms with E-state index in [-0.39, 0.29) is 24.8 Å². The van der Waals surface area contributed by atoms with E-state index >= 15 is 0 Å². The van der Waals surface area contributed by atoms with Gasteiger partial charge in [0.1, 0.15) is 12.6 Å². The largest absolute Gasteiger partial charge is 0.446 e. The third-order valence-corrected chi connectivity index (χ3v) is 7.41. The number of rotatable bonds is 27. The van der Waals surface area contributed by atoms with Crippen LogP contribution < -0.4 is 10.6 Å². The molecule has 0 spiro atoms. The van der Waals surface area contributed by atoms with Crippen molar-refractivity contribution in [1.29, 1.82) is 0 Å². The van der Waals surface area contributed by atoms with Crippen LogP contribution in [0.15, 0.2) is 12.2 Å². The van der Waals surface area contributed by atoms with Gasteiger partial charge in [-0.1, -0.05) is 116 Å². The molecule has 7 heteroatoms. The first kappa shape index (κ1) is 38.0. The Kier molecular flexibility index (Phi) is 27.0. The topological polar surface area (TPSA) is 87.7 Å². The predicted octanol–water partition coefficient (Wildman–Crippen LogP) is 8.07. The fourth-order valence-electron chi connectivity index (χ4n) is 4.81. The third-order valence-electron chi connectivity index (χ3n) is 7.41. The number of likely N-dealkylation sites (N-methyl/N-ethyl adjacent to an activating group) is 1. The fraction of sp³-hybridized carbons (Fsp3) is 0.848. The molecule has 0 saturated carbocycles. The van der Waals surface area contributed by atoms with Crippen molar-refractivity contribution in [3.63, 3.8) is 0 Å². The Hall–Kier alpha value is -2.05. The minimum absolute atomic E-state index is 0.0213. The van der Waals surface area contributed by atoms with Gasteiger partial charge in [-0.15, -0.1) is 0 Å². The minimum atomic E-state index is -0.495. The maximum atomic E-state index is 13.1. The van der Waals surface area contributed by atoms with Gasteiger partial charge in [0.25, 0.3) is 0 Å². The van der Waals surface area contributed by atoms with Crippen LogP contribution in [-0.2, 0) is 14.3 Å². The standard InChI is InChI=1S/C33H63N3O4/c1-5-7-9-11-13-15-16-17-19-21-23-25-27-36(29-32(38)35-4)33(39)40-30(28-31(37)34-3)26-24-22-20-18-14-12-10-8-6-2/h7,9,30H,5-6,8,10-29H2,1-4H3,(H,34,37)(H,35,38)/b9-7-. The van der Waals surface area contributed by atoms with Crippen LogP contribution in [-0.4, -0.2) is 56.1 Å². The highest BCUT2D eigenvalue weighted by molar-refractivity contribution is 5.82. The number of amides is 3. The Labute approximate surface area is 246 Å². The summed E-state index contributed by atoms with van der Waals surface area (Å²) in [7, 11) is 3.17. The molecule has 0 aliphatic heterocycles. The van der Waals surface area contributed by atoms with Gasteiger partial charge in [-0.3, -0.25) is 14.5 Å². The van der Waals surface area contributed by atoms with Gasteiger partial charge in [-0.25, -0.2) is 4.79 Å². The Morgan fingerprint density at radius 2 is 1.20 bits per heavy atom. The monoisotopic (exact) mass is 565 g/mol. The van der Waals surface area contributed by atoms with Crippen molar-refractivity contribution in [3.05, 3.63) is 12.2 Å². The molecule has 40 heavy (non-hydrogen) atoms. The molecule has 0 saturated heterocycles. The van der Waals surface area contributed by atoms with Crippen molar-refractivity contribution < 1.29 is 19.1 Å². The lowest BCUT2D eigenvalue weighted by atomic mass is 10.0. The Balaban J connectivity index is 4.48. The molecule has 1 unspecified atom stereocenters. The summed E-state index contributed by atoms with van der Waals surface area (Å²) in [5.74, 6) is -0.350. The average Bonchev–Trinajstić information content (AvgIpc) is 2.95. The molecule has 234 valence electrons. The fourth-order valence-corrected chi connectivity index (χ4v) is 4.81. The van der Waals surface area contributed by atoms with Crippen molar-refractivity contribution in [1.82, 2.24) is 15.5 Å². The van der Waals surface area contributed by atoms with E-state index in [1.807, 2.05) is 0 Å². The summed E-state index contributed by atoms with van der Waals surface area (Å²) in [4.78, 5) is 38.7. The number of carbonyl (C=O) groups excluding carboxylic acids is 3. The van der Waals surface area contributed by atoms with Crippen LogP contribution in [0.5, 0.6) is 0 Å². The summed E-state index contributed by atoms with van der Waals surface area (Å²) in [6, 6.07) is 0. The number of carbonyl (C=O) groups is 3. The SMILES string of the molecule is CC/C=C\CCCCCCCCCCN(CC(=O)NC)C(=O)OC(CCCCCCCCCCC)CC(=O)NC. The van der Waals surface area contributed by atoms with Gasteiger partial charge in [0.05, 0.1) is 6.42 Å². The summed E-state index contributed by atoms with van der Waals surface area (Å²) in [5, 5.41) is 5.25. The van der Waals surface area contributed by atoms with Crippen LogP contribution in [0.1, 0.15) is 149 Å². The zero-order chi connectivity index (χ0) is 29.7. The van der Waals surface area contributed by atoms with E-state index in [1.54, 1.807) is 14.1 Å². The second-order valence-corrected chi connectivity index (χ2v) is 11.1. The van der Waals surface area contributed by atoms with Crippen LogP contribution in [0.4, 0.5) is 4.79 Å². The van der Waals surface area contributed by atoms with Crippen molar-refractivity contribution in [2.24, 2.45) is 0 Å². The number of nitrogens with one attached hydrogen (secondary N) is 2. The molecule has 7 nitrogen and oxygen atoms in total. The smallest absolute Gasteiger partial charge is 0.410 e. The second-order valence-electron chi connectivity index (χ2n) is 11.1. The molecule has 0 bridgehead atoms. The van der Waals surface area contributed by atoms with Gasteiger partial charge in [-0.05, 0) is 38.5 Å². The molecule has 0 aromatic heterocycles. The third kappa shape index (κ3) is 23.8. The van der Waals surface area contributed by atoms with Crippen molar-refractivity contribution >= 4 is 17.9 Å². The molecular weight excluding hydrogens is 502 g/mol. The molecule has 0 fully saturated rings. The van der Waals surface area contributed by atoms with E-state index in [0.29, 0.717) is 13.0 Å². The first-order valence-corrected chi connectivity index (χ1v) is 16.5. The van der Waals surface area contributed by atoms with E-state index in [0.717, 1.165) is 38.5 Å². The van der Waals surface area contributed by atoms with E-state index in [1.165, 1.54) is 88.4 Å². The summed E-state index contributed by atoms with van der Waals surface area (Å²) in [6.07, 6.45) is 26.9. The van der Waals surface area contributed by atoms with Gasteiger partial charge in [0.15, 0.2) is 0 Å². The molecule has 0 aromatic carbocycles. The maximum Gasteiger partial charge on any atom is 0.410 e. The van der Waals surface area contributed by atoms with E-state index in [4.69, 9.17) is 4.74 Å². The number of hydrogen-bond donors (Lipinski definition) is 2. The molecule has 0 aliphatic rings. The van der Waals surface area contributed by atoms with Crippen LogP contribution in [0, 0.1) is 0 Å². The highest BCUT2D eigenvalue weighted by Gasteiger charge is 2.23. The summed E-state index contributed by atoms with van der Waals surface area (Å²) >= 11 is 0. The molecule has 2 N–H and O–H groups in total. The first-order valence-electron chi connectivity index (χ1n) is 16.5. The predicted molar refractivity (Wildman–Crippen MR) is 167 cm³/mol. The van der Waals surface area contributed by atoms with Crippen LogP contribution >= 0.6 is 0 Å².